The highest BCUT2D eigenvalue weighted by Gasteiger charge is 2.35. The molecule has 1 aliphatic rings. The molecular formula is C21H21N7O2S. The second-order valence-electron chi connectivity index (χ2n) is 7.63. The van der Waals surface area contributed by atoms with E-state index in [4.69, 9.17) is 11.5 Å². The van der Waals surface area contributed by atoms with Gasteiger partial charge in [0, 0.05) is 0 Å². The number of hydrogen-bond acceptors (Lipinski definition) is 7. The summed E-state index contributed by atoms with van der Waals surface area (Å²) in [5.41, 5.74) is 14.8. The molecule has 158 valence electrons. The van der Waals surface area contributed by atoms with Crippen LogP contribution in [0.2, 0.25) is 0 Å². The molecule has 0 radical (unpaired) electrons. The van der Waals surface area contributed by atoms with Gasteiger partial charge < -0.3 is 11.5 Å². The molecule has 2 aromatic carbocycles. The number of para-hydroxylation sites is 1. The summed E-state index contributed by atoms with van der Waals surface area (Å²) in [6.45, 7) is 2.12. The van der Waals surface area contributed by atoms with Gasteiger partial charge in [-0.15, -0.1) is 0 Å². The van der Waals surface area contributed by atoms with Gasteiger partial charge in [0.1, 0.15) is 5.82 Å². The van der Waals surface area contributed by atoms with Crippen molar-refractivity contribution in [2.24, 2.45) is 0 Å². The fraction of sp³-hybridized carbons (Fsp3) is 0.190. The fourth-order valence-corrected chi connectivity index (χ4v) is 5.54. The van der Waals surface area contributed by atoms with E-state index in [1.54, 1.807) is 35.1 Å². The first-order valence-corrected chi connectivity index (χ1v) is 11.2. The molecule has 2 aromatic heterocycles. The predicted molar refractivity (Wildman–Crippen MR) is 119 cm³/mol. The number of rotatable bonds is 3. The van der Waals surface area contributed by atoms with Crippen molar-refractivity contribution < 1.29 is 8.42 Å². The number of anilines is 3. The topological polar surface area (TPSA) is 133 Å². The SMILES string of the molecule is Cc1ccc(S(=O)(=O)N2CC(n3ncc4c(N)nc(N)nc43)Cc3ccccc32)cc1. The largest absolute Gasteiger partial charge is 0.383 e. The third-order valence-corrected chi connectivity index (χ3v) is 7.34. The minimum atomic E-state index is -3.78. The minimum absolute atomic E-state index is 0.0482. The Morgan fingerprint density at radius 1 is 1.03 bits per heavy atom. The van der Waals surface area contributed by atoms with Gasteiger partial charge in [-0.05, 0) is 37.1 Å². The van der Waals surface area contributed by atoms with Gasteiger partial charge in [0.15, 0.2) is 5.65 Å². The predicted octanol–water partition coefficient (Wildman–Crippen LogP) is 2.29. The number of nitrogen functional groups attached to an aromatic ring is 2. The van der Waals surface area contributed by atoms with Crippen LogP contribution in [0.4, 0.5) is 17.5 Å². The molecule has 0 aliphatic carbocycles. The molecule has 4 N–H and O–H groups in total. The Kier molecular flexibility index (Phi) is 4.33. The lowest BCUT2D eigenvalue weighted by Gasteiger charge is -2.35. The van der Waals surface area contributed by atoms with Crippen molar-refractivity contribution in [2.75, 3.05) is 22.3 Å². The number of nitrogens with zero attached hydrogens (tertiary/aromatic N) is 5. The van der Waals surface area contributed by atoms with E-state index in [1.165, 1.54) is 4.31 Å². The number of benzene rings is 2. The smallest absolute Gasteiger partial charge is 0.264 e. The number of aromatic nitrogens is 4. The third kappa shape index (κ3) is 3.15. The van der Waals surface area contributed by atoms with Crippen molar-refractivity contribution in [3.8, 4) is 0 Å². The van der Waals surface area contributed by atoms with Crippen molar-refractivity contribution in [3.05, 3.63) is 65.9 Å². The first-order chi connectivity index (χ1) is 14.8. The maximum absolute atomic E-state index is 13.6. The summed E-state index contributed by atoms with van der Waals surface area (Å²) in [5.74, 6) is 0.293. The summed E-state index contributed by atoms with van der Waals surface area (Å²) < 4.78 is 30.3. The molecule has 4 aromatic rings. The Hall–Kier alpha value is -3.66. The zero-order valence-corrected chi connectivity index (χ0v) is 17.6. The molecule has 1 aliphatic heterocycles. The van der Waals surface area contributed by atoms with E-state index in [0.717, 1.165) is 11.1 Å². The zero-order valence-electron chi connectivity index (χ0n) is 16.8. The summed E-state index contributed by atoms with van der Waals surface area (Å²) in [6.07, 6.45) is 2.18. The zero-order chi connectivity index (χ0) is 21.8. The molecule has 31 heavy (non-hydrogen) atoms. The molecule has 0 saturated heterocycles. The van der Waals surface area contributed by atoms with Gasteiger partial charge in [-0.2, -0.15) is 15.1 Å². The molecule has 0 spiro atoms. The molecule has 1 atom stereocenters. The van der Waals surface area contributed by atoms with Gasteiger partial charge in [0.25, 0.3) is 10.0 Å². The Morgan fingerprint density at radius 3 is 2.55 bits per heavy atom. The molecule has 0 fully saturated rings. The monoisotopic (exact) mass is 435 g/mol. The van der Waals surface area contributed by atoms with Crippen LogP contribution in [0.1, 0.15) is 17.2 Å². The van der Waals surface area contributed by atoms with Crippen LogP contribution >= 0.6 is 0 Å². The van der Waals surface area contributed by atoms with Gasteiger partial charge in [0.2, 0.25) is 5.95 Å². The van der Waals surface area contributed by atoms with Crippen LogP contribution in [0.5, 0.6) is 0 Å². The summed E-state index contributed by atoms with van der Waals surface area (Å²) in [4.78, 5) is 8.53. The van der Waals surface area contributed by atoms with Crippen LogP contribution in [-0.2, 0) is 16.4 Å². The molecule has 0 saturated carbocycles. The molecule has 9 nitrogen and oxygen atoms in total. The average Bonchev–Trinajstić information content (AvgIpc) is 3.17. The van der Waals surface area contributed by atoms with Crippen molar-refractivity contribution in [1.82, 2.24) is 19.7 Å². The third-order valence-electron chi connectivity index (χ3n) is 5.55. The van der Waals surface area contributed by atoms with Crippen LogP contribution in [0.25, 0.3) is 11.0 Å². The summed E-state index contributed by atoms with van der Waals surface area (Å²) in [7, 11) is -3.78. The average molecular weight is 436 g/mol. The van der Waals surface area contributed by atoms with Gasteiger partial charge >= 0.3 is 0 Å². The maximum atomic E-state index is 13.6. The van der Waals surface area contributed by atoms with Crippen LogP contribution < -0.4 is 15.8 Å². The van der Waals surface area contributed by atoms with Gasteiger partial charge in [-0.3, -0.25) is 4.31 Å². The summed E-state index contributed by atoms with van der Waals surface area (Å²) >= 11 is 0. The van der Waals surface area contributed by atoms with E-state index in [-0.39, 0.29) is 29.2 Å². The normalized spacial score (nSPS) is 16.4. The van der Waals surface area contributed by atoms with E-state index in [1.807, 2.05) is 31.2 Å². The van der Waals surface area contributed by atoms with Crippen LogP contribution in [0.3, 0.4) is 0 Å². The first-order valence-electron chi connectivity index (χ1n) is 9.78. The quantitative estimate of drug-likeness (QED) is 0.504. The molecule has 0 amide bonds. The van der Waals surface area contributed by atoms with E-state index in [9.17, 15) is 8.42 Å². The highest BCUT2D eigenvalue weighted by Crippen LogP contribution is 2.36. The highest BCUT2D eigenvalue weighted by molar-refractivity contribution is 7.92. The van der Waals surface area contributed by atoms with E-state index in [0.29, 0.717) is 23.1 Å². The van der Waals surface area contributed by atoms with E-state index in [2.05, 4.69) is 15.1 Å². The molecule has 10 heteroatoms. The standard InChI is InChI=1S/C21H21N7O2S/c1-13-6-8-16(9-7-13)31(29,30)27-12-15(10-14-4-2-3-5-18(14)27)28-20-17(11-24-28)19(22)25-21(23)26-20/h2-9,11,15H,10,12H2,1H3,(H4,22,23,25,26). The van der Waals surface area contributed by atoms with Crippen LogP contribution in [-0.4, -0.2) is 34.7 Å². The lowest BCUT2D eigenvalue weighted by atomic mass is 10.00. The number of aryl methyl sites for hydroxylation is 1. The van der Waals surface area contributed by atoms with Gasteiger partial charge in [-0.25, -0.2) is 13.1 Å². The number of nitrogens with two attached hydrogens (primary N) is 2. The number of sulfonamides is 1. The summed E-state index contributed by atoms with van der Waals surface area (Å²) in [5, 5.41) is 5.04. The lowest BCUT2D eigenvalue weighted by Crippen LogP contribution is -2.41. The molecule has 3 heterocycles. The molecule has 0 bridgehead atoms. The van der Waals surface area contributed by atoms with E-state index < -0.39 is 10.0 Å². The van der Waals surface area contributed by atoms with Crippen LogP contribution in [0, 0.1) is 6.92 Å². The Labute approximate surface area is 179 Å². The Balaban J connectivity index is 1.63. The minimum Gasteiger partial charge on any atom is -0.383 e. The highest BCUT2D eigenvalue weighted by atomic mass is 32.2. The maximum Gasteiger partial charge on any atom is 0.264 e. The number of fused-ring (bicyclic) bond motifs is 2. The van der Waals surface area contributed by atoms with Gasteiger partial charge in [-0.1, -0.05) is 35.9 Å². The summed E-state index contributed by atoms with van der Waals surface area (Å²) in [6, 6.07) is 14.1. The Bertz CT molecular complexity index is 1400. The van der Waals surface area contributed by atoms with Gasteiger partial charge in [0.05, 0.1) is 34.8 Å². The van der Waals surface area contributed by atoms with Crippen molar-refractivity contribution in [1.29, 1.82) is 0 Å². The molecular weight excluding hydrogens is 414 g/mol. The van der Waals surface area contributed by atoms with Crippen molar-refractivity contribution >= 4 is 38.5 Å². The first kappa shape index (κ1) is 19.3. The Morgan fingerprint density at radius 2 is 1.77 bits per heavy atom. The number of hydrogen-bond donors (Lipinski definition) is 2. The van der Waals surface area contributed by atoms with Crippen molar-refractivity contribution in [3.63, 3.8) is 0 Å². The fourth-order valence-electron chi connectivity index (χ4n) is 4.00. The lowest BCUT2D eigenvalue weighted by molar-refractivity contribution is 0.456. The van der Waals surface area contributed by atoms with E-state index >= 15 is 0 Å². The van der Waals surface area contributed by atoms with Crippen molar-refractivity contribution in [2.45, 2.75) is 24.3 Å². The molecule has 1 unspecified atom stereocenters. The van der Waals surface area contributed by atoms with Crippen LogP contribution in [0.15, 0.2) is 59.6 Å². The second-order valence-corrected chi connectivity index (χ2v) is 9.49. The molecule has 5 rings (SSSR count). The second kappa shape index (κ2) is 6.95.